The van der Waals surface area contributed by atoms with Gasteiger partial charge in [0.15, 0.2) is 0 Å². The number of nitrogens with two attached hydrogens (primary N) is 3. The molecule has 1 unspecified atom stereocenters. The number of carboxylic acid groups (broad SMARTS) is 1. The highest BCUT2D eigenvalue weighted by molar-refractivity contribution is 7.14. The largest absolute Gasteiger partial charge is 0.478 e. The predicted molar refractivity (Wildman–Crippen MR) is 125 cm³/mol. The van der Waals surface area contributed by atoms with Gasteiger partial charge in [-0.2, -0.15) is 0 Å². The molecule has 2 rings (SSSR count). The summed E-state index contributed by atoms with van der Waals surface area (Å²) in [5.41, 5.74) is 16.3. The van der Waals surface area contributed by atoms with E-state index in [-0.39, 0.29) is 31.2 Å². The number of hydrogen-bond acceptors (Lipinski definition) is 7. The summed E-state index contributed by atoms with van der Waals surface area (Å²) in [6.45, 7) is -0.186. The predicted octanol–water partition coefficient (Wildman–Crippen LogP) is -0.370. The average Bonchev–Trinajstić information content (AvgIpc) is 3.24. The molecule has 1 aromatic heterocycles. The lowest BCUT2D eigenvalue weighted by Crippen LogP contribution is -2.55. The van der Waals surface area contributed by atoms with Crippen LogP contribution in [0.1, 0.15) is 20.9 Å². The van der Waals surface area contributed by atoms with Crippen LogP contribution in [0, 0.1) is 10.8 Å². The molecule has 0 saturated heterocycles. The zero-order valence-electron chi connectivity index (χ0n) is 17.6. The lowest BCUT2D eigenvalue weighted by Gasteiger charge is -2.25. The van der Waals surface area contributed by atoms with Crippen molar-refractivity contribution >= 4 is 40.8 Å². The van der Waals surface area contributed by atoms with Gasteiger partial charge in [0.1, 0.15) is 17.2 Å². The van der Waals surface area contributed by atoms with Gasteiger partial charge in [0, 0.05) is 22.9 Å². The monoisotopic (exact) mass is 471 g/mol. The number of carboxylic acids is 1. The first-order valence-corrected chi connectivity index (χ1v) is 10.4. The van der Waals surface area contributed by atoms with Gasteiger partial charge >= 0.3 is 5.97 Å². The first-order chi connectivity index (χ1) is 15.5. The van der Waals surface area contributed by atoms with Crippen molar-refractivity contribution in [3.63, 3.8) is 0 Å². The van der Waals surface area contributed by atoms with Crippen LogP contribution in [0.15, 0.2) is 48.6 Å². The molecule has 0 aliphatic rings. The van der Waals surface area contributed by atoms with E-state index >= 15 is 0 Å². The van der Waals surface area contributed by atoms with Crippen LogP contribution < -0.4 is 27.8 Å². The fourth-order valence-electron chi connectivity index (χ4n) is 2.81. The van der Waals surface area contributed by atoms with E-state index in [9.17, 15) is 14.4 Å². The maximum atomic E-state index is 12.8. The van der Waals surface area contributed by atoms with Gasteiger partial charge in [-0.15, -0.1) is 11.3 Å². The van der Waals surface area contributed by atoms with Crippen molar-refractivity contribution in [3.8, 4) is 0 Å². The van der Waals surface area contributed by atoms with Gasteiger partial charge < -0.3 is 32.9 Å². The molecule has 11 nitrogen and oxygen atoms in total. The van der Waals surface area contributed by atoms with E-state index in [0.717, 1.165) is 17.0 Å². The van der Waals surface area contributed by atoms with Crippen LogP contribution in [0.3, 0.4) is 0 Å². The summed E-state index contributed by atoms with van der Waals surface area (Å²) in [5.74, 6) is -2.74. The third-order valence-corrected chi connectivity index (χ3v) is 5.60. The van der Waals surface area contributed by atoms with Crippen molar-refractivity contribution in [3.05, 3.63) is 69.4 Å². The van der Waals surface area contributed by atoms with Crippen LogP contribution in [-0.2, 0) is 27.3 Å². The molecule has 0 radical (unpaired) electrons. The number of amides is 2. The summed E-state index contributed by atoms with van der Waals surface area (Å²) in [5, 5.41) is 29.0. The van der Waals surface area contributed by atoms with E-state index < -0.39 is 23.3 Å². The van der Waals surface area contributed by atoms with E-state index in [1.54, 1.807) is 36.4 Å². The molecule has 12 heteroatoms. The van der Waals surface area contributed by atoms with E-state index in [0.29, 0.717) is 16.0 Å². The Bertz CT molecular complexity index is 1110. The molecular formula is C21H25N7O4S. The molecular weight excluding hydrogens is 446 g/mol. The average molecular weight is 472 g/mol. The molecule has 0 spiro atoms. The van der Waals surface area contributed by atoms with Gasteiger partial charge in [-0.3, -0.25) is 20.4 Å². The van der Waals surface area contributed by atoms with E-state index in [1.807, 2.05) is 0 Å². The summed E-state index contributed by atoms with van der Waals surface area (Å²) in [6, 6.07) is 9.91. The molecule has 1 atom stereocenters. The number of benzene rings is 1. The minimum Gasteiger partial charge on any atom is -0.478 e. The second-order valence-corrected chi connectivity index (χ2v) is 8.31. The lowest BCUT2D eigenvalue weighted by molar-refractivity contribution is -0.131. The normalized spacial score (nSPS) is 12.6. The molecule has 11 N–H and O–H groups in total. The van der Waals surface area contributed by atoms with Crippen LogP contribution in [0.5, 0.6) is 0 Å². The molecule has 2 aromatic rings. The third-order valence-electron chi connectivity index (χ3n) is 4.48. The van der Waals surface area contributed by atoms with Gasteiger partial charge in [-0.05, 0) is 29.8 Å². The summed E-state index contributed by atoms with van der Waals surface area (Å²) in [7, 11) is 0. The van der Waals surface area contributed by atoms with Crippen LogP contribution in [0.4, 0.5) is 0 Å². The molecule has 1 aromatic carbocycles. The van der Waals surface area contributed by atoms with Gasteiger partial charge in [-0.25, -0.2) is 4.79 Å². The smallest absolute Gasteiger partial charge is 0.328 e. The highest BCUT2D eigenvalue weighted by atomic mass is 32.1. The Morgan fingerprint density at radius 2 is 1.82 bits per heavy atom. The molecule has 0 bridgehead atoms. The molecule has 0 fully saturated rings. The van der Waals surface area contributed by atoms with Crippen molar-refractivity contribution in [1.82, 2.24) is 10.6 Å². The van der Waals surface area contributed by atoms with Crippen molar-refractivity contribution in [2.24, 2.45) is 17.2 Å². The van der Waals surface area contributed by atoms with E-state index in [1.165, 1.54) is 11.3 Å². The minimum absolute atomic E-state index is 0.0626. The Labute approximate surface area is 193 Å². The number of carbonyl (C=O) groups is 3. The molecule has 1 heterocycles. The number of nitrogens with one attached hydrogen (secondary N) is 4. The first-order valence-electron chi connectivity index (χ1n) is 9.62. The van der Waals surface area contributed by atoms with Crippen molar-refractivity contribution in [2.45, 2.75) is 18.5 Å². The van der Waals surface area contributed by atoms with Gasteiger partial charge in [0.25, 0.3) is 0 Å². The van der Waals surface area contributed by atoms with Gasteiger partial charge in [-0.1, -0.05) is 18.2 Å². The molecule has 174 valence electrons. The standard InChI is InChI=1S/C21H25N7O4S/c22-18(23)13-3-1-2-12(8-13)9-21(26,7-6-17(30)31)20(32)28-11-16(29)27-10-14-4-5-15(33-14)19(24)25/h1-8H,9-11,26H2,(H3,22,23)(H3,24,25)(H,27,29)(H,28,32)(H,30,31)/b7-6+. The molecule has 0 aliphatic heterocycles. The zero-order chi connectivity index (χ0) is 24.6. The topological polar surface area (TPSA) is 221 Å². The number of hydrogen-bond donors (Lipinski definition) is 8. The summed E-state index contributed by atoms with van der Waals surface area (Å²) in [6.07, 6.45) is 1.73. The fourth-order valence-corrected chi connectivity index (χ4v) is 3.62. The van der Waals surface area contributed by atoms with E-state index in [2.05, 4.69) is 10.6 Å². The van der Waals surface area contributed by atoms with Crippen molar-refractivity contribution in [1.29, 1.82) is 10.8 Å². The van der Waals surface area contributed by atoms with Gasteiger partial charge in [0.2, 0.25) is 11.8 Å². The van der Waals surface area contributed by atoms with Crippen LogP contribution in [0.25, 0.3) is 0 Å². The summed E-state index contributed by atoms with van der Waals surface area (Å²) < 4.78 is 0. The molecule has 33 heavy (non-hydrogen) atoms. The maximum Gasteiger partial charge on any atom is 0.328 e. The fraction of sp³-hybridized carbons (Fsp3) is 0.190. The Kier molecular flexibility index (Phi) is 8.42. The highest BCUT2D eigenvalue weighted by Gasteiger charge is 2.32. The quantitative estimate of drug-likeness (QED) is 0.123. The van der Waals surface area contributed by atoms with Crippen LogP contribution in [-0.4, -0.2) is 46.6 Å². The van der Waals surface area contributed by atoms with Crippen molar-refractivity contribution in [2.75, 3.05) is 6.54 Å². The minimum atomic E-state index is -1.77. The summed E-state index contributed by atoms with van der Waals surface area (Å²) >= 11 is 1.26. The second-order valence-electron chi connectivity index (χ2n) is 7.14. The summed E-state index contributed by atoms with van der Waals surface area (Å²) in [4.78, 5) is 37.3. The molecule has 2 amide bonds. The van der Waals surface area contributed by atoms with Gasteiger partial charge in [0.05, 0.1) is 18.0 Å². The first kappa shape index (κ1) is 25.2. The van der Waals surface area contributed by atoms with E-state index in [4.69, 9.17) is 33.1 Å². The maximum absolute atomic E-state index is 12.8. The molecule has 0 saturated carbocycles. The number of thiophene rings is 1. The molecule has 0 aliphatic carbocycles. The number of rotatable bonds is 11. The Hall–Kier alpha value is -4.03. The third kappa shape index (κ3) is 7.55. The Balaban J connectivity index is 2.04. The number of aliphatic carboxylic acids is 1. The van der Waals surface area contributed by atoms with Crippen LogP contribution in [0.2, 0.25) is 0 Å². The van der Waals surface area contributed by atoms with Crippen LogP contribution >= 0.6 is 11.3 Å². The number of nitrogen functional groups attached to an aromatic ring is 2. The number of carbonyl (C=O) groups excluding carboxylic acids is 2. The lowest BCUT2D eigenvalue weighted by atomic mass is 9.89. The highest BCUT2D eigenvalue weighted by Crippen LogP contribution is 2.16. The SMILES string of the molecule is N=C(N)c1cccc(CC(N)(/C=C/C(=O)O)C(=O)NCC(=O)NCc2ccc(C(=N)N)s2)c1. The Morgan fingerprint density at radius 3 is 2.42 bits per heavy atom. The second kappa shape index (κ2) is 11.0. The zero-order valence-corrected chi connectivity index (χ0v) is 18.4. The Morgan fingerprint density at radius 1 is 1.09 bits per heavy atom. The number of amidine groups is 2. The van der Waals surface area contributed by atoms with Crippen molar-refractivity contribution < 1.29 is 19.5 Å².